The lowest BCUT2D eigenvalue weighted by Gasteiger charge is -2.18. The molecule has 0 bridgehead atoms. The van der Waals surface area contributed by atoms with Crippen LogP contribution in [0.4, 0.5) is 0 Å². The van der Waals surface area contributed by atoms with E-state index >= 15 is 0 Å². The summed E-state index contributed by atoms with van der Waals surface area (Å²) in [6, 6.07) is 40.8. The van der Waals surface area contributed by atoms with Crippen molar-refractivity contribution in [2.24, 2.45) is 0 Å². The number of aromatic nitrogens is 1. The lowest BCUT2D eigenvalue weighted by atomic mass is 9.89. The van der Waals surface area contributed by atoms with E-state index in [2.05, 4.69) is 132 Å². The Kier molecular flexibility index (Phi) is 5.63. The van der Waals surface area contributed by atoms with Gasteiger partial charge in [-0.1, -0.05) is 103 Å². The van der Waals surface area contributed by atoms with Crippen LogP contribution in [0.25, 0.3) is 66.7 Å². The number of benzene rings is 6. The van der Waals surface area contributed by atoms with E-state index in [1.807, 2.05) is 12.4 Å². The predicted octanol–water partition coefficient (Wildman–Crippen LogP) is 9.02. The van der Waals surface area contributed by atoms with Crippen LogP contribution < -0.4 is 15.2 Å². The second-order valence-electron chi connectivity index (χ2n) is 10.7. The quantitative estimate of drug-likeness (QED) is 0.229. The number of rotatable bonds is 4. The van der Waals surface area contributed by atoms with Crippen molar-refractivity contribution in [1.29, 1.82) is 0 Å². The minimum absolute atomic E-state index is 0.835. The maximum atomic E-state index is 6.81. The van der Waals surface area contributed by atoms with Crippen LogP contribution in [0.5, 0.6) is 11.5 Å². The summed E-state index contributed by atoms with van der Waals surface area (Å²) >= 11 is 0. The smallest absolute Gasteiger partial charge is 0.142 e. The van der Waals surface area contributed by atoms with Crippen LogP contribution >= 0.6 is 0 Å². The van der Waals surface area contributed by atoms with Gasteiger partial charge in [-0.3, -0.25) is 4.98 Å². The third kappa shape index (κ3) is 4.08. The number of ether oxygens (including phenoxy) is 1. The molecule has 0 spiro atoms. The summed E-state index contributed by atoms with van der Waals surface area (Å²) in [5, 5.41) is 9.42. The molecule has 8 rings (SSSR count). The summed E-state index contributed by atoms with van der Waals surface area (Å²) in [6.07, 6.45) is 10.6. The van der Waals surface area contributed by atoms with Crippen molar-refractivity contribution in [3.8, 4) is 33.8 Å². The van der Waals surface area contributed by atoms with E-state index in [4.69, 9.17) is 4.74 Å². The highest BCUT2D eigenvalue weighted by atomic mass is 16.5. The Balaban J connectivity index is 1.30. The molecule has 1 aliphatic rings. The molecule has 6 aromatic carbocycles. The Labute approximate surface area is 238 Å². The second-order valence-corrected chi connectivity index (χ2v) is 10.7. The van der Waals surface area contributed by atoms with E-state index in [0.29, 0.717) is 0 Å². The molecule has 0 aliphatic heterocycles. The molecular weight excluding hydrogens is 498 g/mol. The average Bonchev–Trinajstić information content (AvgIpc) is 3.05. The first kappa shape index (κ1) is 23.7. The molecule has 1 aliphatic carbocycles. The molecule has 1 heterocycles. The third-order valence-electron chi connectivity index (χ3n) is 8.20. The first-order chi connectivity index (χ1) is 20.3. The van der Waals surface area contributed by atoms with E-state index in [0.717, 1.165) is 45.7 Å². The average molecular weight is 526 g/mol. The molecule has 0 radical (unpaired) electrons. The van der Waals surface area contributed by atoms with E-state index in [1.54, 1.807) is 0 Å². The number of pyridine rings is 1. The Bertz CT molecular complexity index is 2230. The summed E-state index contributed by atoms with van der Waals surface area (Å²) < 4.78 is 6.81. The van der Waals surface area contributed by atoms with Crippen molar-refractivity contribution in [2.45, 2.75) is 12.8 Å². The zero-order valence-corrected chi connectivity index (χ0v) is 22.5. The van der Waals surface area contributed by atoms with E-state index in [-0.39, 0.29) is 0 Å². The maximum absolute atomic E-state index is 6.81. The highest BCUT2D eigenvalue weighted by Crippen LogP contribution is 2.36. The van der Waals surface area contributed by atoms with Gasteiger partial charge in [-0.05, 0) is 86.1 Å². The Morgan fingerprint density at radius 3 is 2.24 bits per heavy atom. The highest BCUT2D eigenvalue weighted by molar-refractivity contribution is 6.07. The molecule has 1 aromatic heterocycles. The largest absolute Gasteiger partial charge is 0.456 e. The normalized spacial score (nSPS) is 12.6. The molecule has 194 valence electrons. The van der Waals surface area contributed by atoms with Gasteiger partial charge < -0.3 is 4.74 Å². The predicted molar refractivity (Wildman–Crippen MR) is 172 cm³/mol. The Hall–Kier alpha value is -5.21. The fourth-order valence-electron chi connectivity index (χ4n) is 6.27. The van der Waals surface area contributed by atoms with Crippen molar-refractivity contribution in [1.82, 2.24) is 4.98 Å². The summed E-state index contributed by atoms with van der Waals surface area (Å²) in [4.78, 5) is 4.57. The maximum Gasteiger partial charge on any atom is 0.142 e. The van der Waals surface area contributed by atoms with Crippen LogP contribution in [0.2, 0.25) is 0 Å². The zero-order chi connectivity index (χ0) is 27.2. The minimum atomic E-state index is 0.835. The van der Waals surface area contributed by atoms with Gasteiger partial charge in [0.25, 0.3) is 0 Å². The van der Waals surface area contributed by atoms with Crippen molar-refractivity contribution < 1.29 is 4.74 Å². The summed E-state index contributed by atoms with van der Waals surface area (Å²) in [6.45, 7) is 0. The molecule has 7 aromatic rings. The molecule has 0 fully saturated rings. The minimum Gasteiger partial charge on any atom is -0.456 e. The second kappa shape index (κ2) is 9.76. The SMILES string of the molecule is C1=c2c(Oc3ccc4cc(-c5ccccc5)ccc4c3)c3ccncc3c(-c3cccc4ccccc34)c2=CCC1. The Morgan fingerprint density at radius 1 is 0.537 bits per heavy atom. The number of hydrogen-bond donors (Lipinski definition) is 0. The molecule has 0 unspecified atom stereocenters. The first-order valence-electron chi connectivity index (χ1n) is 14.2. The van der Waals surface area contributed by atoms with Gasteiger partial charge in [0.1, 0.15) is 11.5 Å². The van der Waals surface area contributed by atoms with E-state index in [1.165, 1.54) is 43.6 Å². The topological polar surface area (TPSA) is 22.1 Å². The fourth-order valence-corrected chi connectivity index (χ4v) is 6.27. The lowest BCUT2D eigenvalue weighted by molar-refractivity contribution is 0.484. The Morgan fingerprint density at radius 2 is 1.32 bits per heavy atom. The molecule has 2 nitrogen and oxygen atoms in total. The number of nitrogens with zero attached hydrogens (tertiary/aromatic N) is 1. The highest BCUT2D eigenvalue weighted by Gasteiger charge is 2.18. The monoisotopic (exact) mass is 525 g/mol. The zero-order valence-electron chi connectivity index (χ0n) is 22.5. The number of fused-ring (bicyclic) bond motifs is 4. The standard InChI is InChI=1S/C39H27NO/c1-2-9-26(10-3-1)28-17-18-30-24-31(20-19-29(30)23-28)41-39-35-15-7-6-14-34(35)38(37-25-40-22-21-36(37)39)33-16-8-12-27-11-4-5-13-32(27)33/h1-5,8-25H,6-7H2. The van der Waals surface area contributed by atoms with Gasteiger partial charge in [-0.2, -0.15) is 0 Å². The molecule has 41 heavy (non-hydrogen) atoms. The van der Waals surface area contributed by atoms with Gasteiger partial charge in [-0.15, -0.1) is 0 Å². The molecule has 0 amide bonds. The van der Waals surface area contributed by atoms with E-state index in [9.17, 15) is 0 Å². The van der Waals surface area contributed by atoms with Crippen LogP contribution in [-0.4, -0.2) is 4.98 Å². The van der Waals surface area contributed by atoms with Crippen LogP contribution in [0, 0.1) is 0 Å². The molecule has 0 saturated carbocycles. The fraction of sp³-hybridized carbons (Fsp3) is 0.0513. The van der Waals surface area contributed by atoms with Crippen LogP contribution in [0.15, 0.2) is 128 Å². The van der Waals surface area contributed by atoms with Crippen molar-refractivity contribution >= 4 is 44.5 Å². The van der Waals surface area contributed by atoms with Crippen molar-refractivity contribution in [2.75, 3.05) is 0 Å². The summed E-state index contributed by atoms with van der Waals surface area (Å²) in [5.41, 5.74) is 4.90. The van der Waals surface area contributed by atoms with Crippen LogP contribution in [-0.2, 0) is 0 Å². The van der Waals surface area contributed by atoms with Crippen LogP contribution in [0.3, 0.4) is 0 Å². The van der Waals surface area contributed by atoms with Gasteiger partial charge in [0.15, 0.2) is 0 Å². The van der Waals surface area contributed by atoms with Crippen molar-refractivity contribution in [3.05, 3.63) is 138 Å². The molecule has 2 heteroatoms. The van der Waals surface area contributed by atoms with E-state index < -0.39 is 0 Å². The summed E-state index contributed by atoms with van der Waals surface area (Å²) in [5.74, 6) is 1.74. The molecule has 0 saturated heterocycles. The van der Waals surface area contributed by atoms with Crippen LogP contribution in [0.1, 0.15) is 12.8 Å². The molecular formula is C39H27NO. The number of hydrogen-bond acceptors (Lipinski definition) is 2. The van der Waals surface area contributed by atoms with Crippen molar-refractivity contribution in [3.63, 3.8) is 0 Å². The van der Waals surface area contributed by atoms with Gasteiger partial charge in [0, 0.05) is 28.4 Å². The third-order valence-corrected chi connectivity index (χ3v) is 8.20. The lowest BCUT2D eigenvalue weighted by Crippen LogP contribution is -2.31. The molecule has 0 atom stereocenters. The van der Waals surface area contributed by atoms with Gasteiger partial charge in [0.2, 0.25) is 0 Å². The van der Waals surface area contributed by atoms with Gasteiger partial charge >= 0.3 is 0 Å². The first-order valence-corrected chi connectivity index (χ1v) is 14.2. The molecule has 0 N–H and O–H groups in total. The van der Waals surface area contributed by atoms with Gasteiger partial charge in [0.05, 0.1) is 0 Å². The van der Waals surface area contributed by atoms with Gasteiger partial charge in [-0.25, -0.2) is 0 Å². The summed E-state index contributed by atoms with van der Waals surface area (Å²) in [7, 11) is 0.